The number of hydrogen-bond donors (Lipinski definition) is 1. The Bertz CT molecular complexity index is 1320. The molecule has 0 spiro atoms. The third-order valence-corrected chi connectivity index (χ3v) is 5.02. The first-order chi connectivity index (χ1) is 14.4. The SMILES string of the molecule is Cc1nc2cc(Cl)c(NC(=O)c3ccncc3)cc2c(=O)n1Cc1ccccc1F. The van der Waals surface area contributed by atoms with Gasteiger partial charge in [-0.25, -0.2) is 9.37 Å². The van der Waals surface area contributed by atoms with Crippen LogP contribution in [0.3, 0.4) is 0 Å². The molecule has 150 valence electrons. The van der Waals surface area contributed by atoms with E-state index in [0.717, 1.165) is 0 Å². The molecule has 2 aromatic heterocycles. The highest BCUT2D eigenvalue weighted by molar-refractivity contribution is 6.34. The number of aromatic nitrogens is 3. The molecule has 0 atom stereocenters. The molecule has 0 saturated carbocycles. The molecule has 0 fully saturated rings. The maximum Gasteiger partial charge on any atom is 0.261 e. The molecule has 4 rings (SSSR count). The monoisotopic (exact) mass is 422 g/mol. The Hall–Kier alpha value is -3.58. The Morgan fingerprint density at radius 2 is 1.90 bits per heavy atom. The van der Waals surface area contributed by atoms with Crippen molar-refractivity contribution < 1.29 is 9.18 Å². The van der Waals surface area contributed by atoms with Crippen LogP contribution >= 0.6 is 11.6 Å². The van der Waals surface area contributed by atoms with E-state index < -0.39 is 5.82 Å². The molecule has 2 aromatic carbocycles. The second kappa shape index (κ2) is 8.04. The summed E-state index contributed by atoms with van der Waals surface area (Å²) in [5.41, 5.74) is 1.11. The molecule has 1 amide bonds. The number of aryl methyl sites for hydroxylation is 1. The molecule has 0 saturated heterocycles. The summed E-state index contributed by atoms with van der Waals surface area (Å²) in [4.78, 5) is 33.9. The predicted molar refractivity (Wildman–Crippen MR) is 113 cm³/mol. The van der Waals surface area contributed by atoms with Gasteiger partial charge in [-0.05, 0) is 37.3 Å². The number of anilines is 1. The third kappa shape index (κ3) is 3.79. The Kier molecular flexibility index (Phi) is 5.29. The smallest absolute Gasteiger partial charge is 0.261 e. The lowest BCUT2D eigenvalue weighted by molar-refractivity contribution is 0.102. The van der Waals surface area contributed by atoms with Gasteiger partial charge in [0.2, 0.25) is 0 Å². The quantitative estimate of drug-likeness (QED) is 0.535. The fourth-order valence-corrected chi connectivity index (χ4v) is 3.34. The van der Waals surface area contributed by atoms with E-state index >= 15 is 0 Å². The van der Waals surface area contributed by atoms with Gasteiger partial charge in [-0.1, -0.05) is 29.8 Å². The Balaban J connectivity index is 1.76. The maximum absolute atomic E-state index is 14.1. The van der Waals surface area contributed by atoms with E-state index in [0.29, 0.717) is 22.5 Å². The molecule has 4 aromatic rings. The van der Waals surface area contributed by atoms with Crippen LogP contribution in [0.1, 0.15) is 21.7 Å². The van der Waals surface area contributed by atoms with Crippen LogP contribution in [0.25, 0.3) is 10.9 Å². The number of carbonyl (C=O) groups excluding carboxylic acids is 1. The lowest BCUT2D eigenvalue weighted by atomic mass is 10.1. The zero-order valence-corrected chi connectivity index (χ0v) is 16.7. The molecule has 30 heavy (non-hydrogen) atoms. The van der Waals surface area contributed by atoms with Crippen molar-refractivity contribution >= 4 is 34.1 Å². The van der Waals surface area contributed by atoms with Crippen LogP contribution in [0.15, 0.2) is 65.7 Å². The van der Waals surface area contributed by atoms with Crippen molar-refractivity contribution in [1.29, 1.82) is 0 Å². The first kappa shape index (κ1) is 19.7. The van der Waals surface area contributed by atoms with Gasteiger partial charge < -0.3 is 5.32 Å². The largest absolute Gasteiger partial charge is 0.321 e. The van der Waals surface area contributed by atoms with Crippen LogP contribution in [-0.2, 0) is 6.54 Å². The summed E-state index contributed by atoms with van der Waals surface area (Å²) in [6.07, 6.45) is 3.01. The van der Waals surface area contributed by atoms with Gasteiger partial charge in [0.1, 0.15) is 11.6 Å². The zero-order valence-electron chi connectivity index (χ0n) is 15.9. The van der Waals surface area contributed by atoms with Crippen molar-refractivity contribution in [1.82, 2.24) is 14.5 Å². The van der Waals surface area contributed by atoms with Crippen LogP contribution < -0.4 is 10.9 Å². The number of halogens is 2. The second-order valence-electron chi connectivity index (χ2n) is 6.68. The normalized spacial score (nSPS) is 10.9. The lowest BCUT2D eigenvalue weighted by Crippen LogP contribution is -2.25. The fourth-order valence-electron chi connectivity index (χ4n) is 3.13. The van der Waals surface area contributed by atoms with Crippen LogP contribution in [0.4, 0.5) is 10.1 Å². The van der Waals surface area contributed by atoms with E-state index in [9.17, 15) is 14.0 Å². The molecule has 0 bridgehead atoms. The molecule has 0 aliphatic heterocycles. The number of nitrogens with one attached hydrogen (secondary N) is 1. The van der Waals surface area contributed by atoms with E-state index in [-0.39, 0.29) is 34.1 Å². The summed E-state index contributed by atoms with van der Waals surface area (Å²) in [5.74, 6) is -0.351. The summed E-state index contributed by atoms with van der Waals surface area (Å²) in [6.45, 7) is 1.72. The summed E-state index contributed by atoms with van der Waals surface area (Å²) >= 11 is 6.30. The lowest BCUT2D eigenvalue weighted by Gasteiger charge is -2.13. The molecule has 6 nitrogen and oxygen atoms in total. The molecule has 8 heteroatoms. The summed E-state index contributed by atoms with van der Waals surface area (Å²) < 4.78 is 15.5. The van der Waals surface area contributed by atoms with Gasteiger partial charge in [-0.2, -0.15) is 0 Å². The van der Waals surface area contributed by atoms with Gasteiger partial charge in [0.25, 0.3) is 11.5 Å². The maximum atomic E-state index is 14.1. The Morgan fingerprint density at radius 3 is 2.63 bits per heavy atom. The third-order valence-electron chi connectivity index (χ3n) is 4.71. The van der Waals surface area contributed by atoms with Crippen molar-refractivity contribution in [2.75, 3.05) is 5.32 Å². The summed E-state index contributed by atoms with van der Waals surface area (Å²) in [5, 5.41) is 3.23. The second-order valence-corrected chi connectivity index (χ2v) is 7.09. The van der Waals surface area contributed by atoms with Gasteiger partial charge in [0, 0.05) is 23.5 Å². The highest BCUT2D eigenvalue weighted by Gasteiger charge is 2.15. The van der Waals surface area contributed by atoms with Gasteiger partial charge in [-0.15, -0.1) is 0 Å². The highest BCUT2D eigenvalue weighted by atomic mass is 35.5. The Morgan fingerprint density at radius 1 is 1.17 bits per heavy atom. The number of fused-ring (bicyclic) bond motifs is 1. The van der Waals surface area contributed by atoms with Crippen molar-refractivity contribution in [2.45, 2.75) is 13.5 Å². The minimum absolute atomic E-state index is 0.0433. The van der Waals surface area contributed by atoms with Gasteiger partial charge in [0.15, 0.2) is 0 Å². The molecule has 1 N–H and O–H groups in total. The number of hydrogen-bond acceptors (Lipinski definition) is 4. The van der Waals surface area contributed by atoms with Crippen LogP contribution in [0.5, 0.6) is 0 Å². The van der Waals surface area contributed by atoms with Crippen LogP contribution in [0.2, 0.25) is 5.02 Å². The number of benzene rings is 2. The predicted octanol–water partition coefficient (Wildman–Crippen LogP) is 4.19. The molecule has 2 heterocycles. The van der Waals surface area contributed by atoms with Gasteiger partial charge in [-0.3, -0.25) is 19.1 Å². The Labute approximate surface area is 176 Å². The zero-order chi connectivity index (χ0) is 21.3. The summed E-state index contributed by atoms with van der Waals surface area (Å²) in [6, 6.07) is 12.4. The van der Waals surface area contributed by atoms with Crippen molar-refractivity contribution in [3.63, 3.8) is 0 Å². The molecule has 0 radical (unpaired) electrons. The molecular weight excluding hydrogens is 407 g/mol. The standard InChI is InChI=1S/C22H16ClFN4O2/c1-13-26-19-11-17(23)20(27-21(29)14-6-8-25-9-7-14)10-16(19)22(30)28(13)12-15-4-2-3-5-18(15)24/h2-11H,12H2,1H3,(H,27,29). The number of carbonyl (C=O) groups is 1. The van der Waals surface area contributed by atoms with E-state index in [1.165, 1.54) is 35.2 Å². The molecule has 0 aliphatic carbocycles. The first-order valence-electron chi connectivity index (χ1n) is 9.09. The van der Waals surface area contributed by atoms with Crippen molar-refractivity contribution in [3.05, 3.63) is 99.1 Å². The first-order valence-corrected chi connectivity index (χ1v) is 9.47. The van der Waals surface area contributed by atoms with Crippen LogP contribution in [0, 0.1) is 12.7 Å². The van der Waals surface area contributed by atoms with E-state index in [1.807, 2.05) is 0 Å². The molecule has 0 aliphatic rings. The van der Waals surface area contributed by atoms with E-state index in [1.54, 1.807) is 37.3 Å². The fraction of sp³-hybridized carbons (Fsp3) is 0.0909. The van der Waals surface area contributed by atoms with E-state index in [2.05, 4.69) is 15.3 Å². The topological polar surface area (TPSA) is 76.9 Å². The number of amides is 1. The number of nitrogens with zero attached hydrogens (tertiary/aromatic N) is 3. The highest BCUT2D eigenvalue weighted by Crippen LogP contribution is 2.26. The van der Waals surface area contributed by atoms with Crippen molar-refractivity contribution in [2.24, 2.45) is 0 Å². The minimum atomic E-state index is -0.398. The van der Waals surface area contributed by atoms with Gasteiger partial charge in [0.05, 0.1) is 28.2 Å². The number of pyridine rings is 1. The van der Waals surface area contributed by atoms with Crippen LogP contribution in [-0.4, -0.2) is 20.4 Å². The summed E-state index contributed by atoms with van der Waals surface area (Å²) in [7, 11) is 0. The van der Waals surface area contributed by atoms with E-state index in [4.69, 9.17) is 11.6 Å². The average molecular weight is 423 g/mol. The minimum Gasteiger partial charge on any atom is -0.321 e. The molecular formula is C22H16ClFN4O2. The van der Waals surface area contributed by atoms with Gasteiger partial charge >= 0.3 is 0 Å². The average Bonchev–Trinajstić information content (AvgIpc) is 2.74. The number of rotatable bonds is 4. The molecule has 0 unspecified atom stereocenters. The van der Waals surface area contributed by atoms with Crippen molar-refractivity contribution in [3.8, 4) is 0 Å².